The van der Waals surface area contributed by atoms with Crippen molar-refractivity contribution in [2.45, 2.75) is 0 Å². The standard InChI is InChI=1S/C14H14FN3O2/c1-20-9-3-4-10(15)13(7-9)18-12-5-2-8(14(17)19)6-11(12)16/h2-7,18H,16H2,1H3,(H2,17,19). The van der Waals surface area contributed by atoms with Crippen molar-refractivity contribution >= 4 is 23.0 Å². The first kappa shape index (κ1) is 13.7. The van der Waals surface area contributed by atoms with E-state index in [1.165, 1.54) is 37.4 Å². The van der Waals surface area contributed by atoms with E-state index in [0.717, 1.165) is 0 Å². The van der Waals surface area contributed by atoms with Crippen molar-refractivity contribution in [3.8, 4) is 5.75 Å². The van der Waals surface area contributed by atoms with Crippen LogP contribution in [0.25, 0.3) is 0 Å². The number of nitrogens with one attached hydrogen (secondary N) is 1. The Labute approximate surface area is 115 Å². The number of benzene rings is 2. The number of nitrogens with two attached hydrogens (primary N) is 2. The van der Waals surface area contributed by atoms with Gasteiger partial charge in [-0.25, -0.2) is 4.39 Å². The highest BCUT2D eigenvalue weighted by Gasteiger charge is 2.08. The van der Waals surface area contributed by atoms with Crippen LogP contribution < -0.4 is 21.5 Å². The Bertz CT molecular complexity index is 659. The number of hydrogen-bond acceptors (Lipinski definition) is 4. The van der Waals surface area contributed by atoms with Gasteiger partial charge in [0.1, 0.15) is 11.6 Å². The summed E-state index contributed by atoms with van der Waals surface area (Å²) in [6, 6.07) is 8.82. The molecular formula is C14H14FN3O2. The maximum absolute atomic E-state index is 13.7. The Balaban J connectivity index is 2.32. The molecule has 2 aromatic rings. The van der Waals surface area contributed by atoms with Crippen LogP contribution >= 0.6 is 0 Å². The van der Waals surface area contributed by atoms with Crippen LogP contribution in [0.5, 0.6) is 5.75 Å². The van der Waals surface area contributed by atoms with Crippen molar-refractivity contribution < 1.29 is 13.9 Å². The maximum Gasteiger partial charge on any atom is 0.248 e. The lowest BCUT2D eigenvalue weighted by Gasteiger charge is -2.12. The van der Waals surface area contributed by atoms with E-state index in [2.05, 4.69) is 5.32 Å². The Morgan fingerprint density at radius 3 is 2.55 bits per heavy atom. The summed E-state index contributed by atoms with van der Waals surface area (Å²) in [6.07, 6.45) is 0. The van der Waals surface area contributed by atoms with Crippen molar-refractivity contribution in [3.05, 3.63) is 47.8 Å². The molecule has 0 saturated carbocycles. The number of carbonyl (C=O) groups excluding carboxylic acids is 1. The molecular weight excluding hydrogens is 261 g/mol. The Kier molecular flexibility index (Phi) is 3.74. The summed E-state index contributed by atoms with van der Waals surface area (Å²) in [7, 11) is 1.49. The van der Waals surface area contributed by atoms with Gasteiger partial charge in [-0.2, -0.15) is 0 Å². The van der Waals surface area contributed by atoms with Crippen LogP contribution in [0, 0.1) is 5.82 Å². The van der Waals surface area contributed by atoms with Crippen LogP contribution in [0.3, 0.4) is 0 Å². The third kappa shape index (κ3) is 2.80. The number of ether oxygens (including phenoxy) is 1. The van der Waals surface area contributed by atoms with Gasteiger partial charge >= 0.3 is 0 Å². The van der Waals surface area contributed by atoms with E-state index < -0.39 is 11.7 Å². The molecule has 0 atom stereocenters. The first-order valence-corrected chi connectivity index (χ1v) is 5.81. The highest BCUT2D eigenvalue weighted by molar-refractivity contribution is 5.95. The minimum atomic E-state index is -0.573. The van der Waals surface area contributed by atoms with E-state index in [1.807, 2.05) is 0 Å². The second kappa shape index (κ2) is 5.48. The van der Waals surface area contributed by atoms with Gasteiger partial charge in [0.05, 0.1) is 24.2 Å². The van der Waals surface area contributed by atoms with Gasteiger partial charge < -0.3 is 21.5 Å². The van der Waals surface area contributed by atoms with Crippen LogP contribution in [-0.4, -0.2) is 13.0 Å². The fourth-order valence-corrected chi connectivity index (χ4v) is 1.70. The number of methoxy groups -OCH3 is 1. The van der Waals surface area contributed by atoms with Crippen LogP contribution in [0.4, 0.5) is 21.5 Å². The average Bonchev–Trinajstić information content (AvgIpc) is 2.43. The summed E-state index contributed by atoms with van der Waals surface area (Å²) in [4.78, 5) is 11.0. The van der Waals surface area contributed by atoms with Crippen molar-refractivity contribution in [2.75, 3.05) is 18.2 Å². The predicted molar refractivity (Wildman–Crippen MR) is 75.6 cm³/mol. The first-order valence-electron chi connectivity index (χ1n) is 5.81. The molecule has 5 N–H and O–H groups in total. The van der Waals surface area contributed by atoms with E-state index in [1.54, 1.807) is 6.07 Å². The van der Waals surface area contributed by atoms with Crippen molar-refractivity contribution in [3.63, 3.8) is 0 Å². The van der Waals surface area contributed by atoms with Gasteiger partial charge in [0.2, 0.25) is 5.91 Å². The van der Waals surface area contributed by atoms with Crippen LogP contribution in [-0.2, 0) is 0 Å². The maximum atomic E-state index is 13.7. The minimum absolute atomic E-state index is 0.225. The SMILES string of the molecule is COc1ccc(F)c(Nc2ccc(C(N)=O)cc2N)c1. The Morgan fingerprint density at radius 1 is 1.20 bits per heavy atom. The van der Waals surface area contributed by atoms with E-state index in [9.17, 15) is 9.18 Å². The van der Waals surface area contributed by atoms with E-state index in [4.69, 9.17) is 16.2 Å². The average molecular weight is 275 g/mol. The van der Waals surface area contributed by atoms with E-state index >= 15 is 0 Å². The highest BCUT2D eigenvalue weighted by Crippen LogP contribution is 2.28. The lowest BCUT2D eigenvalue weighted by Crippen LogP contribution is -2.11. The van der Waals surface area contributed by atoms with Crippen LogP contribution in [0.1, 0.15) is 10.4 Å². The van der Waals surface area contributed by atoms with Gasteiger partial charge in [-0.05, 0) is 30.3 Å². The summed E-state index contributed by atoms with van der Waals surface area (Å²) in [5.41, 5.74) is 12.2. The van der Waals surface area contributed by atoms with E-state index in [0.29, 0.717) is 22.7 Å². The summed E-state index contributed by atoms with van der Waals surface area (Å²) in [5, 5.41) is 2.85. The molecule has 6 heteroatoms. The van der Waals surface area contributed by atoms with Crippen LogP contribution in [0.2, 0.25) is 0 Å². The van der Waals surface area contributed by atoms with Crippen molar-refractivity contribution in [1.82, 2.24) is 0 Å². The molecule has 20 heavy (non-hydrogen) atoms. The lowest BCUT2D eigenvalue weighted by molar-refractivity contribution is 0.100. The van der Waals surface area contributed by atoms with Crippen molar-refractivity contribution in [2.24, 2.45) is 5.73 Å². The zero-order chi connectivity index (χ0) is 14.7. The van der Waals surface area contributed by atoms with Gasteiger partial charge in [0, 0.05) is 11.6 Å². The molecule has 2 aromatic carbocycles. The Morgan fingerprint density at radius 2 is 1.95 bits per heavy atom. The highest BCUT2D eigenvalue weighted by atomic mass is 19.1. The quantitative estimate of drug-likeness (QED) is 0.746. The fraction of sp³-hybridized carbons (Fsp3) is 0.0714. The molecule has 0 bridgehead atoms. The molecule has 104 valence electrons. The lowest BCUT2D eigenvalue weighted by atomic mass is 10.1. The third-order valence-corrected chi connectivity index (χ3v) is 2.78. The molecule has 0 fully saturated rings. The topological polar surface area (TPSA) is 90.4 Å². The summed E-state index contributed by atoms with van der Waals surface area (Å²) in [5.74, 6) is -0.499. The van der Waals surface area contributed by atoms with Crippen LogP contribution in [0.15, 0.2) is 36.4 Å². The van der Waals surface area contributed by atoms with Gasteiger partial charge in [-0.1, -0.05) is 0 Å². The third-order valence-electron chi connectivity index (χ3n) is 2.78. The minimum Gasteiger partial charge on any atom is -0.497 e. The molecule has 0 heterocycles. The Hall–Kier alpha value is -2.76. The van der Waals surface area contributed by atoms with Crippen molar-refractivity contribution in [1.29, 1.82) is 0 Å². The normalized spacial score (nSPS) is 10.1. The molecule has 1 amide bonds. The van der Waals surface area contributed by atoms with Gasteiger partial charge in [-0.15, -0.1) is 0 Å². The molecule has 0 saturated heterocycles. The molecule has 0 radical (unpaired) electrons. The number of nitrogen functional groups attached to an aromatic ring is 1. The summed E-state index contributed by atoms with van der Waals surface area (Å²) >= 11 is 0. The number of amides is 1. The zero-order valence-corrected chi connectivity index (χ0v) is 10.8. The zero-order valence-electron chi connectivity index (χ0n) is 10.8. The smallest absolute Gasteiger partial charge is 0.248 e. The number of primary amides is 1. The number of carbonyl (C=O) groups is 1. The fourth-order valence-electron chi connectivity index (χ4n) is 1.70. The summed E-state index contributed by atoms with van der Waals surface area (Å²) < 4.78 is 18.7. The summed E-state index contributed by atoms with van der Waals surface area (Å²) in [6.45, 7) is 0. The number of hydrogen-bond donors (Lipinski definition) is 3. The molecule has 0 aliphatic rings. The van der Waals surface area contributed by atoms with Gasteiger partial charge in [0.15, 0.2) is 0 Å². The molecule has 0 aliphatic carbocycles. The molecule has 0 aliphatic heterocycles. The molecule has 2 rings (SSSR count). The second-order valence-electron chi connectivity index (χ2n) is 4.14. The number of rotatable bonds is 4. The second-order valence-corrected chi connectivity index (χ2v) is 4.14. The first-order chi connectivity index (χ1) is 9.51. The molecule has 0 spiro atoms. The number of anilines is 3. The largest absolute Gasteiger partial charge is 0.497 e. The monoisotopic (exact) mass is 275 g/mol. The molecule has 0 unspecified atom stereocenters. The molecule has 0 aromatic heterocycles. The van der Waals surface area contributed by atoms with Gasteiger partial charge in [-0.3, -0.25) is 4.79 Å². The molecule has 5 nitrogen and oxygen atoms in total. The van der Waals surface area contributed by atoms with Gasteiger partial charge in [0.25, 0.3) is 0 Å². The number of halogens is 1. The van der Waals surface area contributed by atoms with E-state index in [-0.39, 0.29) is 5.69 Å². The predicted octanol–water partition coefficient (Wildman–Crippen LogP) is 2.26.